The number of halogens is 1. The van der Waals surface area contributed by atoms with Gasteiger partial charge in [-0.1, -0.05) is 19.4 Å². The minimum atomic E-state index is -0.786. The molecule has 1 aromatic carbocycles. The van der Waals surface area contributed by atoms with Crippen LogP contribution in [0.3, 0.4) is 0 Å². The average molecular weight is 238 g/mol. The van der Waals surface area contributed by atoms with E-state index in [1.54, 1.807) is 6.07 Å². The third kappa shape index (κ3) is 2.38. The van der Waals surface area contributed by atoms with Crippen molar-refractivity contribution in [3.63, 3.8) is 0 Å². The van der Waals surface area contributed by atoms with E-state index >= 15 is 0 Å². The van der Waals surface area contributed by atoms with Crippen molar-refractivity contribution in [2.24, 2.45) is 5.92 Å². The van der Waals surface area contributed by atoms with Crippen molar-refractivity contribution >= 4 is 11.4 Å². The minimum absolute atomic E-state index is 0.204. The molecule has 2 rings (SSSR count). The van der Waals surface area contributed by atoms with Crippen LogP contribution in [0.15, 0.2) is 18.2 Å². The highest BCUT2D eigenvalue weighted by atomic mass is 19.1. The lowest BCUT2D eigenvalue weighted by Crippen LogP contribution is -2.22. The molecule has 17 heavy (non-hydrogen) atoms. The van der Waals surface area contributed by atoms with Crippen LogP contribution in [-0.4, -0.2) is 11.0 Å². The first-order valence-electron chi connectivity index (χ1n) is 5.79. The molecule has 1 saturated carbocycles. The summed E-state index contributed by atoms with van der Waals surface area (Å²) in [5, 5.41) is 13.9. The first-order chi connectivity index (χ1) is 8.09. The van der Waals surface area contributed by atoms with E-state index in [-0.39, 0.29) is 11.7 Å². The van der Waals surface area contributed by atoms with Gasteiger partial charge in [0.05, 0.1) is 4.92 Å². The number of para-hydroxylation sites is 1. The third-order valence-corrected chi connectivity index (χ3v) is 3.37. The molecule has 0 heterocycles. The van der Waals surface area contributed by atoms with Crippen molar-refractivity contribution in [2.45, 2.75) is 32.2 Å². The number of nitrogens with zero attached hydrogens (tertiary/aromatic N) is 1. The van der Waals surface area contributed by atoms with Crippen molar-refractivity contribution in [3.8, 4) is 0 Å². The zero-order chi connectivity index (χ0) is 12.4. The molecular formula is C12H15FN2O2. The molecule has 0 saturated heterocycles. The van der Waals surface area contributed by atoms with Crippen molar-refractivity contribution < 1.29 is 9.31 Å². The lowest BCUT2D eigenvalue weighted by Gasteiger charge is -2.18. The van der Waals surface area contributed by atoms with Crippen molar-refractivity contribution in [3.05, 3.63) is 34.1 Å². The predicted molar refractivity (Wildman–Crippen MR) is 63.5 cm³/mol. The van der Waals surface area contributed by atoms with Crippen LogP contribution < -0.4 is 5.32 Å². The number of nitro benzene ring substituents is 1. The quantitative estimate of drug-likeness (QED) is 0.649. The van der Waals surface area contributed by atoms with Crippen LogP contribution in [0, 0.1) is 21.8 Å². The summed E-state index contributed by atoms with van der Waals surface area (Å²) in [4.78, 5) is 10.2. The van der Waals surface area contributed by atoms with Gasteiger partial charge in [-0.2, -0.15) is 4.39 Å². The first kappa shape index (κ1) is 11.8. The Bertz CT molecular complexity index is 437. The smallest absolute Gasteiger partial charge is 0.327 e. The molecule has 0 aromatic heterocycles. The summed E-state index contributed by atoms with van der Waals surface area (Å²) in [6, 6.07) is 4.37. The lowest BCUT2D eigenvalue weighted by atomic mass is 10.1. The fourth-order valence-electron chi connectivity index (χ4n) is 2.38. The Labute approximate surface area is 99.0 Å². The topological polar surface area (TPSA) is 55.2 Å². The molecule has 0 spiro atoms. The maximum atomic E-state index is 13.4. The van der Waals surface area contributed by atoms with Gasteiger partial charge in [-0.05, 0) is 30.9 Å². The molecule has 1 aromatic rings. The van der Waals surface area contributed by atoms with E-state index < -0.39 is 16.4 Å². The van der Waals surface area contributed by atoms with Gasteiger partial charge in [0.15, 0.2) is 0 Å². The summed E-state index contributed by atoms with van der Waals surface area (Å²) in [5.41, 5.74) is -0.166. The van der Waals surface area contributed by atoms with Gasteiger partial charge in [-0.3, -0.25) is 10.1 Å². The van der Waals surface area contributed by atoms with E-state index in [0.717, 1.165) is 25.3 Å². The van der Waals surface area contributed by atoms with E-state index in [4.69, 9.17) is 0 Å². The molecule has 0 amide bonds. The number of benzene rings is 1. The number of anilines is 1. The van der Waals surface area contributed by atoms with E-state index in [0.29, 0.717) is 5.92 Å². The molecule has 1 N–H and O–H groups in total. The monoisotopic (exact) mass is 238 g/mol. The first-order valence-corrected chi connectivity index (χ1v) is 5.79. The Kier molecular flexibility index (Phi) is 3.26. The van der Waals surface area contributed by atoms with E-state index in [2.05, 4.69) is 12.2 Å². The molecular weight excluding hydrogens is 223 g/mol. The molecule has 92 valence electrons. The number of nitro groups is 1. The van der Waals surface area contributed by atoms with E-state index in [9.17, 15) is 14.5 Å². The van der Waals surface area contributed by atoms with Crippen molar-refractivity contribution in [2.75, 3.05) is 5.32 Å². The summed E-state index contributed by atoms with van der Waals surface area (Å²) in [6.07, 6.45) is 3.21. The molecule has 1 aliphatic carbocycles. The maximum Gasteiger partial charge on any atom is 0.327 e. The van der Waals surface area contributed by atoms with Gasteiger partial charge in [0.25, 0.3) is 0 Å². The average Bonchev–Trinajstić information content (AvgIpc) is 2.64. The zero-order valence-corrected chi connectivity index (χ0v) is 9.65. The van der Waals surface area contributed by atoms with Gasteiger partial charge in [-0.15, -0.1) is 0 Å². The normalized spacial score (nSPS) is 23.6. The SMILES string of the molecule is CC1CCCC1Nc1cccc(F)c1[N+](=O)[O-]. The number of nitrogens with one attached hydrogen (secondary N) is 1. The van der Waals surface area contributed by atoms with Gasteiger partial charge >= 0.3 is 5.69 Å². The highest BCUT2D eigenvalue weighted by Crippen LogP contribution is 2.33. The van der Waals surface area contributed by atoms with Gasteiger partial charge in [0, 0.05) is 6.04 Å². The second-order valence-corrected chi connectivity index (χ2v) is 4.55. The van der Waals surface area contributed by atoms with Crippen LogP contribution in [0.1, 0.15) is 26.2 Å². The van der Waals surface area contributed by atoms with Crippen LogP contribution in [-0.2, 0) is 0 Å². The van der Waals surface area contributed by atoms with E-state index in [1.165, 1.54) is 6.07 Å². The Morgan fingerprint density at radius 3 is 2.82 bits per heavy atom. The van der Waals surface area contributed by atoms with Gasteiger partial charge < -0.3 is 5.32 Å². The Morgan fingerprint density at radius 1 is 1.47 bits per heavy atom. The third-order valence-electron chi connectivity index (χ3n) is 3.37. The molecule has 5 heteroatoms. The summed E-state index contributed by atoms with van der Waals surface area (Å²) in [5.74, 6) is -0.316. The Balaban J connectivity index is 2.26. The molecule has 2 unspecified atom stereocenters. The second kappa shape index (κ2) is 4.69. The summed E-state index contributed by atoms with van der Waals surface area (Å²) in [6.45, 7) is 2.11. The number of hydrogen-bond acceptors (Lipinski definition) is 3. The number of rotatable bonds is 3. The Morgan fingerprint density at radius 2 is 2.24 bits per heavy atom. The molecule has 1 fully saturated rings. The molecule has 0 radical (unpaired) electrons. The van der Waals surface area contributed by atoms with Crippen LogP contribution in [0.5, 0.6) is 0 Å². The minimum Gasteiger partial charge on any atom is -0.376 e. The molecule has 2 atom stereocenters. The fraction of sp³-hybridized carbons (Fsp3) is 0.500. The van der Waals surface area contributed by atoms with Gasteiger partial charge in [0.1, 0.15) is 5.69 Å². The zero-order valence-electron chi connectivity index (χ0n) is 9.65. The lowest BCUT2D eigenvalue weighted by molar-refractivity contribution is -0.386. The molecule has 0 aliphatic heterocycles. The second-order valence-electron chi connectivity index (χ2n) is 4.55. The van der Waals surface area contributed by atoms with Gasteiger partial charge in [0.2, 0.25) is 5.82 Å². The summed E-state index contributed by atoms with van der Waals surface area (Å²) >= 11 is 0. The Hall–Kier alpha value is -1.65. The molecule has 4 nitrogen and oxygen atoms in total. The van der Waals surface area contributed by atoms with Crippen LogP contribution in [0.2, 0.25) is 0 Å². The fourth-order valence-corrected chi connectivity index (χ4v) is 2.38. The highest BCUT2D eigenvalue weighted by molar-refractivity contribution is 5.62. The summed E-state index contributed by atoms with van der Waals surface area (Å²) in [7, 11) is 0. The maximum absolute atomic E-state index is 13.4. The largest absolute Gasteiger partial charge is 0.376 e. The van der Waals surface area contributed by atoms with Gasteiger partial charge in [-0.25, -0.2) is 0 Å². The van der Waals surface area contributed by atoms with Crippen LogP contribution >= 0.6 is 0 Å². The molecule has 0 bridgehead atoms. The van der Waals surface area contributed by atoms with Crippen LogP contribution in [0.25, 0.3) is 0 Å². The standard InChI is InChI=1S/C12H15FN2O2/c1-8-4-2-6-10(8)14-11-7-3-5-9(13)12(11)15(16)17/h3,5,7-8,10,14H,2,4,6H2,1H3. The highest BCUT2D eigenvalue weighted by Gasteiger charge is 2.27. The van der Waals surface area contributed by atoms with Crippen molar-refractivity contribution in [1.82, 2.24) is 0 Å². The number of hydrogen-bond donors (Lipinski definition) is 1. The van der Waals surface area contributed by atoms with Crippen molar-refractivity contribution in [1.29, 1.82) is 0 Å². The summed E-state index contributed by atoms with van der Waals surface area (Å²) < 4.78 is 13.4. The van der Waals surface area contributed by atoms with Crippen LogP contribution in [0.4, 0.5) is 15.8 Å². The molecule has 1 aliphatic rings. The predicted octanol–water partition coefficient (Wildman–Crippen LogP) is 3.33. The van der Waals surface area contributed by atoms with E-state index in [1.807, 2.05) is 0 Å².